The predicted molar refractivity (Wildman–Crippen MR) is 49.8 cm³/mol. The molecule has 3 atom stereocenters. The number of amides is 1. The number of hydrogen-bond acceptors (Lipinski definition) is 1. The Hall–Kier alpha value is -0.530. The lowest BCUT2D eigenvalue weighted by Crippen LogP contribution is -2.46. The van der Waals surface area contributed by atoms with E-state index in [-0.39, 0.29) is 11.8 Å². The summed E-state index contributed by atoms with van der Waals surface area (Å²) in [5, 5.41) is 3.02. The van der Waals surface area contributed by atoms with Crippen molar-refractivity contribution < 1.29 is 4.79 Å². The maximum Gasteiger partial charge on any atom is 0.223 e. The van der Waals surface area contributed by atoms with Gasteiger partial charge in [-0.15, -0.1) is 0 Å². The van der Waals surface area contributed by atoms with E-state index in [0.717, 1.165) is 6.42 Å². The van der Waals surface area contributed by atoms with E-state index in [1.165, 1.54) is 12.8 Å². The summed E-state index contributed by atoms with van der Waals surface area (Å²) in [4.78, 5) is 11.2. The zero-order valence-corrected chi connectivity index (χ0v) is 8.26. The molecule has 1 rings (SSSR count). The first-order chi connectivity index (χ1) is 5.65. The van der Waals surface area contributed by atoms with Crippen LogP contribution in [-0.2, 0) is 4.79 Å². The third-order valence-corrected chi connectivity index (χ3v) is 2.84. The Labute approximate surface area is 74.7 Å². The number of carbonyl (C=O) groups excluding carboxylic acids is 1. The average Bonchev–Trinajstić information content (AvgIpc) is 2.01. The maximum atomic E-state index is 11.2. The molecule has 0 radical (unpaired) electrons. The van der Waals surface area contributed by atoms with Crippen LogP contribution < -0.4 is 5.32 Å². The molecule has 1 fully saturated rings. The van der Waals surface area contributed by atoms with Gasteiger partial charge in [0, 0.05) is 12.0 Å². The summed E-state index contributed by atoms with van der Waals surface area (Å²) in [5.74, 6) is 1.15. The lowest BCUT2D eigenvalue weighted by Gasteiger charge is -2.32. The van der Waals surface area contributed by atoms with Crippen LogP contribution in [-0.4, -0.2) is 11.9 Å². The lowest BCUT2D eigenvalue weighted by molar-refractivity contribution is -0.128. The number of piperidine rings is 1. The molecule has 0 bridgehead atoms. The molecule has 0 saturated carbocycles. The van der Waals surface area contributed by atoms with E-state index < -0.39 is 0 Å². The van der Waals surface area contributed by atoms with Crippen LogP contribution in [0.1, 0.15) is 40.0 Å². The summed E-state index contributed by atoms with van der Waals surface area (Å²) >= 11 is 0. The van der Waals surface area contributed by atoms with Crippen molar-refractivity contribution in [2.24, 2.45) is 11.8 Å². The Morgan fingerprint density at radius 2 is 2.17 bits per heavy atom. The molecule has 1 aliphatic heterocycles. The van der Waals surface area contributed by atoms with Gasteiger partial charge in [-0.1, -0.05) is 20.3 Å². The van der Waals surface area contributed by atoms with Crippen molar-refractivity contribution in [3.63, 3.8) is 0 Å². The second-order valence-electron chi connectivity index (χ2n) is 3.98. The molecule has 1 saturated heterocycles. The van der Waals surface area contributed by atoms with Crippen LogP contribution in [0.5, 0.6) is 0 Å². The summed E-state index contributed by atoms with van der Waals surface area (Å²) in [6.07, 6.45) is 3.53. The first-order valence-electron chi connectivity index (χ1n) is 4.95. The van der Waals surface area contributed by atoms with Gasteiger partial charge in [-0.3, -0.25) is 4.79 Å². The summed E-state index contributed by atoms with van der Waals surface area (Å²) in [6.45, 7) is 6.34. The van der Waals surface area contributed by atoms with Crippen molar-refractivity contribution >= 4 is 5.91 Å². The minimum atomic E-state index is 0.220. The second-order valence-corrected chi connectivity index (χ2v) is 3.98. The van der Waals surface area contributed by atoms with E-state index in [1.54, 1.807) is 0 Å². The summed E-state index contributed by atoms with van der Waals surface area (Å²) in [7, 11) is 0. The highest BCUT2D eigenvalue weighted by Crippen LogP contribution is 2.25. The van der Waals surface area contributed by atoms with Crippen LogP contribution in [0.25, 0.3) is 0 Å². The molecule has 2 heteroatoms. The molecule has 2 nitrogen and oxygen atoms in total. The molecule has 0 aromatic rings. The molecule has 1 amide bonds. The predicted octanol–water partition coefficient (Wildman–Crippen LogP) is 1.95. The standard InChI is InChI=1S/C10H19NO/c1-4-5-9-6-7(2)10(12)11-8(9)3/h7-9H,4-6H2,1-3H3,(H,11,12)/t7?,8-,9?/m0/s1. The Bertz CT molecular complexity index is 167. The van der Waals surface area contributed by atoms with Crippen LogP contribution >= 0.6 is 0 Å². The molecule has 1 aliphatic rings. The van der Waals surface area contributed by atoms with Gasteiger partial charge in [0.25, 0.3) is 0 Å². The van der Waals surface area contributed by atoms with E-state index in [2.05, 4.69) is 19.2 Å². The minimum Gasteiger partial charge on any atom is -0.353 e. The number of nitrogens with one attached hydrogen (secondary N) is 1. The fourth-order valence-corrected chi connectivity index (χ4v) is 1.99. The third-order valence-electron chi connectivity index (χ3n) is 2.84. The van der Waals surface area contributed by atoms with E-state index in [0.29, 0.717) is 12.0 Å². The van der Waals surface area contributed by atoms with Crippen LogP contribution in [0, 0.1) is 11.8 Å². The number of hydrogen-bond donors (Lipinski definition) is 1. The first kappa shape index (κ1) is 9.56. The van der Waals surface area contributed by atoms with Gasteiger partial charge >= 0.3 is 0 Å². The Kier molecular flexibility index (Phi) is 3.12. The summed E-state index contributed by atoms with van der Waals surface area (Å²) in [5.41, 5.74) is 0. The Morgan fingerprint density at radius 1 is 1.50 bits per heavy atom. The van der Waals surface area contributed by atoms with Gasteiger partial charge in [-0.2, -0.15) is 0 Å². The van der Waals surface area contributed by atoms with Crippen LogP contribution in [0.15, 0.2) is 0 Å². The molecule has 1 N–H and O–H groups in total. The quantitative estimate of drug-likeness (QED) is 0.672. The monoisotopic (exact) mass is 169 g/mol. The SMILES string of the molecule is CCCC1CC(C)C(=O)N[C@H]1C. The van der Waals surface area contributed by atoms with Crippen molar-refractivity contribution in [3.05, 3.63) is 0 Å². The van der Waals surface area contributed by atoms with Gasteiger partial charge < -0.3 is 5.32 Å². The van der Waals surface area contributed by atoms with Gasteiger partial charge in [0.2, 0.25) is 5.91 Å². The zero-order chi connectivity index (χ0) is 9.14. The molecule has 0 aromatic carbocycles. The number of carbonyl (C=O) groups is 1. The maximum absolute atomic E-state index is 11.2. The second kappa shape index (κ2) is 3.92. The molecule has 0 aromatic heterocycles. The van der Waals surface area contributed by atoms with Gasteiger partial charge in [0.15, 0.2) is 0 Å². The van der Waals surface area contributed by atoms with Crippen molar-refractivity contribution in [1.29, 1.82) is 0 Å². The molecule has 2 unspecified atom stereocenters. The normalized spacial score (nSPS) is 36.2. The molecule has 0 spiro atoms. The molecular formula is C10H19NO. The fraction of sp³-hybridized carbons (Fsp3) is 0.900. The minimum absolute atomic E-state index is 0.220. The largest absolute Gasteiger partial charge is 0.353 e. The Balaban J connectivity index is 2.49. The van der Waals surface area contributed by atoms with Gasteiger partial charge in [0.1, 0.15) is 0 Å². The molecule has 70 valence electrons. The highest BCUT2D eigenvalue weighted by Gasteiger charge is 2.29. The van der Waals surface area contributed by atoms with Gasteiger partial charge in [-0.05, 0) is 25.7 Å². The van der Waals surface area contributed by atoms with Crippen molar-refractivity contribution in [2.45, 2.75) is 46.1 Å². The summed E-state index contributed by atoms with van der Waals surface area (Å²) < 4.78 is 0. The highest BCUT2D eigenvalue weighted by molar-refractivity contribution is 5.79. The zero-order valence-electron chi connectivity index (χ0n) is 8.26. The number of rotatable bonds is 2. The van der Waals surface area contributed by atoms with Crippen molar-refractivity contribution in [1.82, 2.24) is 5.32 Å². The average molecular weight is 169 g/mol. The summed E-state index contributed by atoms with van der Waals surface area (Å²) in [6, 6.07) is 0.383. The van der Waals surface area contributed by atoms with Gasteiger partial charge in [0.05, 0.1) is 0 Å². The molecule has 1 heterocycles. The lowest BCUT2D eigenvalue weighted by atomic mass is 9.83. The van der Waals surface area contributed by atoms with Crippen LogP contribution in [0.3, 0.4) is 0 Å². The van der Waals surface area contributed by atoms with E-state index in [1.807, 2.05) is 6.92 Å². The highest BCUT2D eigenvalue weighted by atomic mass is 16.2. The van der Waals surface area contributed by atoms with Crippen molar-refractivity contribution in [2.75, 3.05) is 0 Å². The smallest absolute Gasteiger partial charge is 0.223 e. The fourth-order valence-electron chi connectivity index (χ4n) is 1.99. The topological polar surface area (TPSA) is 29.1 Å². The first-order valence-corrected chi connectivity index (χ1v) is 4.95. The van der Waals surface area contributed by atoms with E-state index >= 15 is 0 Å². The third kappa shape index (κ3) is 1.99. The molecule has 12 heavy (non-hydrogen) atoms. The van der Waals surface area contributed by atoms with E-state index in [4.69, 9.17) is 0 Å². The van der Waals surface area contributed by atoms with E-state index in [9.17, 15) is 4.79 Å². The molecule has 0 aliphatic carbocycles. The van der Waals surface area contributed by atoms with Crippen molar-refractivity contribution in [3.8, 4) is 0 Å². The molecular weight excluding hydrogens is 150 g/mol. The van der Waals surface area contributed by atoms with Gasteiger partial charge in [-0.25, -0.2) is 0 Å². The Morgan fingerprint density at radius 3 is 2.75 bits per heavy atom. The van der Waals surface area contributed by atoms with Crippen LogP contribution in [0.2, 0.25) is 0 Å². The van der Waals surface area contributed by atoms with Crippen LogP contribution in [0.4, 0.5) is 0 Å².